The molecule has 1 N–H and O–H groups in total. The molecule has 26 heavy (non-hydrogen) atoms. The number of benzene rings is 2. The van der Waals surface area contributed by atoms with Crippen molar-refractivity contribution in [1.29, 1.82) is 0 Å². The van der Waals surface area contributed by atoms with Gasteiger partial charge < -0.3 is 4.74 Å². The number of aromatic nitrogens is 3. The van der Waals surface area contributed by atoms with Crippen molar-refractivity contribution in [2.75, 3.05) is 7.11 Å². The summed E-state index contributed by atoms with van der Waals surface area (Å²) in [4.78, 5) is 0. The van der Waals surface area contributed by atoms with Gasteiger partial charge in [-0.2, -0.15) is 14.9 Å². The predicted octanol–water partition coefficient (Wildman–Crippen LogP) is 5.47. The van der Waals surface area contributed by atoms with E-state index >= 15 is 0 Å². The first-order valence-corrected chi connectivity index (χ1v) is 8.73. The lowest BCUT2D eigenvalue weighted by Crippen LogP contribution is -1.94. The summed E-state index contributed by atoms with van der Waals surface area (Å²) in [6.07, 6.45) is 5.30. The zero-order valence-corrected chi connectivity index (χ0v) is 16.0. The lowest BCUT2D eigenvalue weighted by atomic mass is 10.2. The van der Waals surface area contributed by atoms with Crippen molar-refractivity contribution in [3.63, 3.8) is 0 Å². The Morgan fingerprint density at radius 2 is 2.04 bits per heavy atom. The maximum atomic E-state index is 6.25. The van der Waals surface area contributed by atoms with Gasteiger partial charge in [-0.1, -0.05) is 41.4 Å². The Kier molecular flexibility index (Phi) is 5.88. The summed E-state index contributed by atoms with van der Waals surface area (Å²) in [5.74, 6) is 1.28. The van der Waals surface area contributed by atoms with Crippen molar-refractivity contribution in [2.24, 2.45) is 5.10 Å². The molecule has 0 aliphatic carbocycles. The summed E-state index contributed by atoms with van der Waals surface area (Å²) in [5.41, 5.74) is 1.62. The highest BCUT2D eigenvalue weighted by molar-refractivity contribution is 7.71. The van der Waals surface area contributed by atoms with Crippen molar-refractivity contribution >= 4 is 47.7 Å². The SMILES string of the molecule is COc1ccccc1/C=C\C=N\n1c(-c2ccc(Cl)cc2Cl)n[nH]c1=S. The number of H-pyrrole nitrogens is 1. The first kappa shape index (κ1) is 18.4. The normalized spacial score (nSPS) is 11.5. The average Bonchev–Trinajstić information content (AvgIpc) is 2.99. The second-order valence-electron chi connectivity index (χ2n) is 5.15. The van der Waals surface area contributed by atoms with E-state index < -0.39 is 0 Å². The predicted molar refractivity (Wildman–Crippen MR) is 109 cm³/mol. The monoisotopic (exact) mass is 404 g/mol. The van der Waals surface area contributed by atoms with Gasteiger partial charge in [0.1, 0.15) is 5.75 Å². The third kappa shape index (κ3) is 4.04. The van der Waals surface area contributed by atoms with Gasteiger partial charge >= 0.3 is 0 Å². The van der Waals surface area contributed by atoms with Gasteiger partial charge in [0.15, 0.2) is 5.82 Å². The number of methoxy groups -OCH3 is 1. The van der Waals surface area contributed by atoms with Crippen LogP contribution in [0.25, 0.3) is 17.5 Å². The van der Waals surface area contributed by atoms with E-state index in [9.17, 15) is 0 Å². The van der Waals surface area contributed by atoms with E-state index in [1.807, 2.05) is 30.3 Å². The molecule has 0 aliphatic rings. The molecule has 0 radical (unpaired) electrons. The maximum Gasteiger partial charge on any atom is 0.216 e. The highest BCUT2D eigenvalue weighted by atomic mass is 35.5. The molecule has 3 aromatic rings. The van der Waals surface area contributed by atoms with Crippen LogP contribution in [0.3, 0.4) is 0 Å². The van der Waals surface area contributed by atoms with E-state index in [0.29, 0.717) is 26.2 Å². The van der Waals surface area contributed by atoms with Crippen LogP contribution >= 0.6 is 35.4 Å². The molecule has 1 aromatic heterocycles. The topological polar surface area (TPSA) is 55.2 Å². The van der Waals surface area contributed by atoms with Crippen molar-refractivity contribution in [3.8, 4) is 17.1 Å². The van der Waals surface area contributed by atoms with Gasteiger partial charge in [-0.15, -0.1) is 0 Å². The summed E-state index contributed by atoms with van der Waals surface area (Å²) in [6.45, 7) is 0. The minimum Gasteiger partial charge on any atom is -0.496 e. The lowest BCUT2D eigenvalue weighted by Gasteiger charge is -2.04. The van der Waals surface area contributed by atoms with Gasteiger partial charge in [-0.3, -0.25) is 0 Å². The molecule has 0 fully saturated rings. The molecule has 0 saturated carbocycles. The molecule has 0 spiro atoms. The first-order valence-electron chi connectivity index (χ1n) is 7.57. The Bertz CT molecular complexity index is 1040. The zero-order chi connectivity index (χ0) is 18.5. The molecule has 0 aliphatic heterocycles. The van der Waals surface area contributed by atoms with E-state index in [4.69, 9.17) is 40.2 Å². The van der Waals surface area contributed by atoms with E-state index in [1.165, 1.54) is 4.68 Å². The van der Waals surface area contributed by atoms with Gasteiger partial charge in [0.2, 0.25) is 4.77 Å². The summed E-state index contributed by atoms with van der Waals surface area (Å²) in [6, 6.07) is 12.8. The van der Waals surface area contributed by atoms with E-state index in [-0.39, 0.29) is 0 Å². The largest absolute Gasteiger partial charge is 0.496 e. The average molecular weight is 405 g/mol. The number of aromatic amines is 1. The molecule has 2 aromatic carbocycles. The fourth-order valence-electron chi connectivity index (χ4n) is 2.30. The number of rotatable bonds is 5. The molecule has 0 atom stereocenters. The third-order valence-corrected chi connectivity index (χ3v) is 4.32. The van der Waals surface area contributed by atoms with Crippen LogP contribution in [0.1, 0.15) is 5.56 Å². The van der Waals surface area contributed by atoms with Gasteiger partial charge in [0.25, 0.3) is 0 Å². The zero-order valence-electron chi connectivity index (χ0n) is 13.7. The highest BCUT2D eigenvalue weighted by Crippen LogP contribution is 2.29. The van der Waals surface area contributed by atoms with Crippen molar-refractivity contribution in [1.82, 2.24) is 14.9 Å². The lowest BCUT2D eigenvalue weighted by molar-refractivity contribution is 0.414. The molecular formula is C18H14Cl2N4OS. The first-order chi connectivity index (χ1) is 12.6. The third-order valence-electron chi connectivity index (χ3n) is 3.51. The van der Waals surface area contributed by atoms with Crippen LogP contribution in [0.5, 0.6) is 5.75 Å². The number of nitrogens with zero attached hydrogens (tertiary/aromatic N) is 3. The maximum absolute atomic E-state index is 6.25. The Hall–Kier alpha value is -2.41. The minimum absolute atomic E-state index is 0.355. The quantitative estimate of drug-likeness (QED) is 0.452. The Morgan fingerprint density at radius 3 is 2.81 bits per heavy atom. The molecule has 0 bridgehead atoms. The van der Waals surface area contributed by atoms with Crippen molar-refractivity contribution in [3.05, 3.63) is 68.9 Å². The number of ether oxygens (including phenoxy) is 1. The van der Waals surface area contributed by atoms with E-state index in [1.54, 1.807) is 37.6 Å². The highest BCUT2D eigenvalue weighted by Gasteiger charge is 2.12. The number of para-hydroxylation sites is 1. The smallest absolute Gasteiger partial charge is 0.216 e. The number of hydrogen-bond donors (Lipinski definition) is 1. The fraction of sp³-hybridized carbons (Fsp3) is 0.0556. The van der Waals surface area contributed by atoms with Gasteiger partial charge in [0, 0.05) is 22.4 Å². The number of halogens is 2. The number of allylic oxidation sites excluding steroid dienone is 1. The molecular weight excluding hydrogens is 391 g/mol. The summed E-state index contributed by atoms with van der Waals surface area (Å²) in [5, 5.41) is 12.3. The molecule has 5 nitrogen and oxygen atoms in total. The van der Waals surface area contributed by atoms with Crippen molar-refractivity contribution < 1.29 is 4.74 Å². The van der Waals surface area contributed by atoms with Gasteiger partial charge in [-0.05, 0) is 48.6 Å². The van der Waals surface area contributed by atoms with E-state index in [0.717, 1.165) is 11.3 Å². The van der Waals surface area contributed by atoms with Crippen LogP contribution in [-0.2, 0) is 0 Å². The molecule has 132 valence electrons. The molecule has 3 rings (SSSR count). The van der Waals surface area contributed by atoms with Crippen LogP contribution in [0, 0.1) is 4.77 Å². The molecule has 1 heterocycles. The summed E-state index contributed by atoms with van der Waals surface area (Å²) in [7, 11) is 1.63. The van der Waals surface area contributed by atoms with Crippen LogP contribution < -0.4 is 4.74 Å². The van der Waals surface area contributed by atoms with Crippen LogP contribution in [0.2, 0.25) is 10.0 Å². The Balaban J connectivity index is 1.89. The Labute approximate surface area is 165 Å². The molecule has 0 saturated heterocycles. The molecule has 0 unspecified atom stereocenters. The van der Waals surface area contributed by atoms with Gasteiger partial charge in [-0.25, -0.2) is 5.10 Å². The standard InChI is InChI=1S/C18H14Cl2N4OS/c1-25-16-7-3-2-5-12(16)6-4-10-21-24-17(22-23-18(24)26)14-9-8-13(19)11-15(14)20/h2-11H,1H3,(H,23,26)/b6-4-,21-10+. The second-order valence-corrected chi connectivity index (χ2v) is 6.38. The fourth-order valence-corrected chi connectivity index (χ4v) is 2.97. The van der Waals surface area contributed by atoms with Crippen LogP contribution in [0.4, 0.5) is 0 Å². The molecule has 8 heteroatoms. The van der Waals surface area contributed by atoms with Gasteiger partial charge in [0.05, 0.1) is 12.1 Å². The van der Waals surface area contributed by atoms with Crippen LogP contribution in [0.15, 0.2) is 53.6 Å². The number of nitrogens with one attached hydrogen (secondary N) is 1. The minimum atomic E-state index is 0.355. The van der Waals surface area contributed by atoms with E-state index in [2.05, 4.69) is 15.3 Å². The second kappa shape index (κ2) is 8.31. The van der Waals surface area contributed by atoms with Crippen LogP contribution in [-0.4, -0.2) is 28.2 Å². The van der Waals surface area contributed by atoms with Crippen molar-refractivity contribution in [2.45, 2.75) is 0 Å². The molecule has 0 amide bonds. The summed E-state index contributed by atoms with van der Waals surface area (Å²) < 4.78 is 7.16. The Morgan fingerprint density at radius 1 is 1.23 bits per heavy atom. The summed E-state index contributed by atoms with van der Waals surface area (Å²) >= 11 is 17.4. The number of hydrogen-bond acceptors (Lipinski definition) is 4.